The fourth-order valence-corrected chi connectivity index (χ4v) is 4.41. The molecule has 0 radical (unpaired) electrons. The zero-order valence-corrected chi connectivity index (χ0v) is 13.3. The van der Waals surface area contributed by atoms with Crippen molar-refractivity contribution in [1.82, 2.24) is 0 Å². The number of halogens is 1. The van der Waals surface area contributed by atoms with Gasteiger partial charge in [0.15, 0.2) is 0 Å². The molecule has 0 heterocycles. The molecule has 1 aliphatic rings. The van der Waals surface area contributed by atoms with Gasteiger partial charge in [-0.05, 0) is 52.7 Å². The van der Waals surface area contributed by atoms with Crippen LogP contribution in [-0.2, 0) is 0 Å². The number of rotatable bonds is 4. The highest BCUT2D eigenvalue weighted by molar-refractivity contribution is 9.10. The summed E-state index contributed by atoms with van der Waals surface area (Å²) < 4.78 is 1.18. The van der Waals surface area contributed by atoms with Crippen molar-refractivity contribution >= 4 is 27.7 Å². The second-order valence-corrected chi connectivity index (χ2v) is 7.35. The lowest BCUT2D eigenvalue weighted by Gasteiger charge is -2.31. The molecule has 2 N–H and O–H groups in total. The number of benzene rings is 1. The summed E-state index contributed by atoms with van der Waals surface area (Å²) >= 11 is 5.47. The van der Waals surface area contributed by atoms with E-state index in [2.05, 4.69) is 47.1 Å². The maximum absolute atomic E-state index is 6.37. The molecule has 100 valence electrons. The van der Waals surface area contributed by atoms with Gasteiger partial charge in [-0.2, -0.15) is 0 Å². The Morgan fingerprint density at radius 3 is 2.89 bits per heavy atom. The Bertz CT molecular complexity index is 383. The van der Waals surface area contributed by atoms with Crippen molar-refractivity contribution < 1.29 is 0 Å². The van der Waals surface area contributed by atoms with Crippen molar-refractivity contribution in [2.24, 2.45) is 17.6 Å². The molecule has 1 nitrogen and oxygen atoms in total. The van der Waals surface area contributed by atoms with Crippen LogP contribution in [-0.4, -0.2) is 11.8 Å². The van der Waals surface area contributed by atoms with Gasteiger partial charge in [0.2, 0.25) is 0 Å². The summed E-state index contributed by atoms with van der Waals surface area (Å²) in [7, 11) is 0. The Morgan fingerprint density at radius 2 is 2.17 bits per heavy atom. The molecule has 0 saturated heterocycles. The third-order valence-electron chi connectivity index (χ3n) is 3.85. The average molecular weight is 328 g/mol. The van der Waals surface area contributed by atoms with Gasteiger partial charge >= 0.3 is 0 Å². The Kier molecular flexibility index (Phi) is 5.58. The van der Waals surface area contributed by atoms with Gasteiger partial charge in [0.25, 0.3) is 0 Å². The first-order valence-corrected chi connectivity index (χ1v) is 8.57. The molecule has 3 unspecified atom stereocenters. The molecule has 1 aromatic rings. The van der Waals surface area contributed by atoms with E-state index in [1.807, 2.05) is 11.8 Å². The van der Waals surface area contributed by atoms with Crippen molar-refractivity contribution in [2.75, 3.05) is 5.75 Å². The smallest absolute Gasteiger partial charge is 0.0311 e. The van der Waals surface area contributed by atoms with Crippen LogP contribution in [0.3, 0.4) is 0 Å². The molecule has 1 fully saturated rings. The average Bonchev–Trinajstić information content (AvgIpc) is 2.37. The van der Waals surface area contributed by atoms with E-state index in [4.69, 9.17) is 5.73 Å². The van der Waals surface area contributed by atoms with Crippen molar-refractivity contribution in [2.45, 2.75) is 43.5 Å². The second kappa shape index (κ2) is 6.97. The SMILES string of the molecule is CC1CCCC(C(N)CSc2ccccc2Br)C1. The summed E-state index contributed by atoms with van der Waals surface area (Å²) in [6, 6.07) is 8.73. The largest absolute Gasteiger partial charge is 0.327 e. The van der Waals surface area contributed by atoms with Crippen LogP contribution in [0, 0.1) is 11.8 Å². The molecule has 1 aromatic carbocycles. The predicted octanol–water partition coefficient (Wildman–Crippen LogP) is 4.69. The van der Waals surface area contributed by atoms with Crippen molar-refractivity contribution in [1.29, 1.82) is 0 Å². The molecular weight excluding hydrogens is 306 g/mol. The monoisotopic (exact) mass is 327 g/mol. The number of hydrogen-bond donors (Lipinski definition) is 1. The van der Waals surface area contributed by atoms with Crippen LogP contribution < -0.4 is 5.73 Å². The van der Waals surface area contributed by atoms with Crippen molar-refractivity contribution in [3.8, 4) is 0 Å². The standard InChI is InChI=1S/C15H22BrNS/c1-11-5-4-6-12(9-11)14(17)10-18-15-8-3-2-7-13(15)16/h2-3,7-8,11-12,14H,4-6,9-10,17H2,1H3. The van der Waals surface area contributed by atoms with Crippen LogP contribution >= 0.6 is 27.7 Å². The van der Waals surface area contributed by atoms with Crippen molar-refractivity contribution in [3.05, 3.63) is 28.7 Å². The van der Waals surface area contributed by atoms with E-state index in [1.165, 1.54) is 35.1 Å². The molecule has 0 aliphatic heterocycles. The summed E-state index contributed by atoms with van der Waals surface area (Å²) in [6.45, 7) is 2.36. The van der Waals surface area contributed by atoms with E-state index in [1.54, 1.807) is 0 Å². The van der Waals surface area contributed by atoms with Crippen LogP contribution in [0.15, 0.2) is 33.6 Å². The zero-order chi connectivity index (χ0) is 13.0. The minimum atomic E-state index is 0.338. The van der Waals surface area contributed by atoms with Gasteiger partial charge in [-0.15, -0.1) is 11.8 Å². The first-order chi connectivity index (χ1) is 8.66. The molecule has 2 rings (SSSR count). The summed E-state index contributed by atoms with van der Waals surface area (Å²) in [5, 5.41) is 0. The topological polar surface area (TPSA) is 26.0 Å². The first kappa shape index (κ1) is 14.4. The molecule has 0 aromatic heterocycles. The normalized spacial score (nSPS) is 25.9. The molecule has 18 heavy (non-hydrogen) atoms. The lowest BCUT2D eigenvalue weighted by atomic mass is 9.79. The molecule has 0 amide bonds. The van der Waals surface area contributed by atoms with Gasteiger partial charge in [-0.3, -0.25) is 0 Å². The molecular formula is C15H22BrNS. The first-order valence-electron chi connectivity index (χ1n) is 6.79. The Labute approximate surface area is 123 Å². The van der Waals surface area contributed by atoms with E-state index in [0.717, 1.165) is 17.6 Å². The van der Waals surface area contributed by atoms with Gasteiger partial charge in [0.05, 0.1) is 0 Å². The highest BCUT2D eigenvalue weighted by atomic mass is 79.9. The molecule has 3 atom stereocenters. The fraction of sp³-hybridized carbons (Fsp3) is 0.600. The third-order valence-corrected chi connectivity index (χ3v) is 6.02. The second-order valence-electron chi connectivity index (χ2n) is 5.44. The fourth-order valence-electron chi connectivity index (χ4n) is 2.75. The van der Waals surface area contributed by atoms with Crippen LogP contribution in [0.2, 0.25) is 0 Å². The molecule has 3 heteroatoms. The van der Waals surface area contributed by atoms with Gasteiger partial charge in [-0.1, -0.05) is 31.9 Å². The van der Waals surface area contributed by atoms with Gasteiger partial charge in [0.1, 0.15) is 0 Å². The summed E-state index contributed by atoms with van der Waals surface area (Å²) in [6.07, 6.45) is 5.39. The summed E-state index contributed by atoms with van der Waals surface area (Å²) in [4.78, 5) is 1.30. The Morgan fingerprint density at radius 1 is 1.39 bits per heavy atom. The quantitative estimate of drug-likeness (QED) is 0.811. The Balaban J connectivity index is 1.84. The lowest BCUT2D eigenvalue weighted by Crippen LogP contribution is -2.35. The highest BCUT2D eigenvalue weighted by Gasteiger charge is 2.24. The summed E-state index contributed by atoms with van der Waals surface area (Å²) in [5.41, 5.74) is 6.37. The van der Waals surface area contributed by atoms with Crippen LogP contribution in [0.1, 0.15) is 32.6 Å². The maximum Gasteiger partial charge on any atom is 0.0311 e. The van der Waals surface area contributed by atoms with Crippen LogP contribution in [0.25, 0.3) is 0 Å². The van der Waals surface area contributed by atoms with E-state index < -0.39 is 0 Å². The predicted molar refractivity (Wildman–Crippen MR) is 84.0 cm³/mol. The van der Waals surface area contributed by atoms with Crippen LogP contribution in [0.5, 0.6) is 0 Å². The third kappa shape index (κ3) is 4.01. The molecule has 1 aliphatic carbocycles. The van der Waals surface area contributed by atoms with Crippen LogP contribution in [0.4, 0.5) is 0 Å². The van der Waals surface area contributed by atoms with E-state index in [9.17, 15) is 0 Å². The summed E-state index contributed by atoms with van der Waals surface area (Å²) in [5.74, 6) is 2.62. The van der Waals surface area contributed by atoms with E-state index in [-0.39, 0.29) is 0 Å². The number of nitrogens with two attached hydrogens (primary N) is 1. The van der Waals surface area contributed by atoms with Crippen molar-refractivity contribution in [3.63, 3.8) is 0 Å². The maximum atomic E-state index is 6.37. The highest BCUT2D eigenvalue weighted by Crippen LogP contribution is 2.33. The van der Waals surface area contributed by atoms with Gasteiger partial charge in [-0.25, -0.2) is 0 Å². The molecule has 0 spiro atoms. The minimum absolute atomic E-state index is 0.338. The van der Waals surface area contributed by atoms with E-state index >= 15 is 0 Å². The number of hydrogen-bond acceptors (Lipinski definition) is 2. The van der Waals surface area contributed by atoms with Gasteiger partial charge in [0, 0.05) is 21.2 Å². The lowest BCUT2D eigenvalue weighted by molar-refractivity contribution is 0.256. The Hall–Kier alpha value is 0.01000. The zero-order valence-electron chi connectivity index (χ0n) is 10.9. The number of thioether (sulfide) groups is 1. The van der Waals surface area contributed by atoms with Gasteiger partial charge < -0.3 is 5.73 Å². The molecule has 1 saturated carbocycles. The molecule has 0 bridgehead atoms. The minimum Gasteiger partial charge on any atom is -0.327 e. The van der Waals surface area contributed by atoms with E-state index in [0.29, 0.717) is 6.04 Å².